The van der Waals surface area contributed by atoms with Crippen LogP contribution in [0.5, 0.6) is 0 Å². The molecule has 0 aromatic carbocycles. The molecule has 1 amide bonds. The Morgan fingerprint density at radius 2 is 2.12 bits per heavy atom. The predicted octanol–water partition coefficient (Wildman–Crippen LogP) is -0.712. The number of carbonyl (C=O) groups is 1. The molecule has 6 nitrogen and oxygen atoms in total. The topological polar surface area (TPSA) is 53.4 Å². The Morgan fingerprint density at radius 3 is 2.65 bits per heavy atom. The lowest BCUT2D eigenvalue weighted by molar-refractivity contribution is -0.130. The third kappa shape index (κ3) is 2.76. The first kappa shape index (κ1) is 11.9. The minimum absolute atomic E-state index is 0.179. The number of anilines is 1. The van der Waals surface area contributed by atoms with Gasteiger partial charge in [-0.15, -0.1) is 0 Å². The number of piperazine rings is 1. The molecule has 1 aliphatic heterocycles. The van der Waals surface area contributed by atoms with Crippen molar-refractivity contribution in [3.63, 3.8) is 0 Å². The van der Waals surface area contributed by atoms with Crippen molar-refractivity contribution in [1.82, 2.24) is 20.0 Å². The Bertz CT molecular complexity index is 381. The number of hydrogen-bond donors (Lipinski definition) is 1. The van der Waals surface area contributed by atoms with Crippen LogP contribution in [0.15, 0.2) is 12.4 Å². The molecule has 6 heteroatoms. The van der Waals surface area contributed by atoms with E-state index in [2.05, 4.69) is 15.3 Å². The van der Waals surface area contributed by atoms with Crippen LogP contribution in [-0.2, 0) is 11.8 Å². The van der Waals surface area contributed by atoms with Crippen molar-refractivity contribution in [2.24, 2.45) is 7.05 Å². The first-order chi connectivity index (χ1) is 8.20. The zero-order chi connectivity index (χ0) is 12.3. The maximum absolute atomic E-state index is 11.7. The van der Waals surface area contributed by atoms with E-state index in [9.17, 15) is 4.79 Å². The molecule has 0 radical (unpaired) electrons. The monoisotopic (exact) mass is 237 g/mol. The second-order valence-corrected chi connectivity index (χ2v) is 4.27. The summed E-state index contributed by atoms with van der Waals surface area (Å²) in [5.41, 5.74) is 1.13. The van der Waals surface area contributed by atoms with Gasteiger partial charge in [-0.25, -0.2) is 0 Å². The highest BCUT2D eigenvalue weighted by atomic mass is 16.2. The summed E-state index contributed by atoms with van der Waals surface area (Å²) in [5.74, 6) is 0.179. The van der Waals surface area contributed by atoms with Crippen LogP contribution in [0.25, 0.3) is 0 Å². The third-order valence-corrected chi connectivity index (χ3v) is 3.02. The van der Waals surface area contributed by atoms with Crippen LogP contribution in [-0.4, -0.2) is 60.4 Å². The van der Waals surface area contributed by atoms with Crippen molar-refractivity contribution < 1.29 is 4.79 Å². The first-order valence-corrected chi connectivity index (χ1v) is 5.86. The normalized spacial score (nSPS) is 16.4. The highest BCUT2D eigenvalue weighted by molar-refractivity contribution is 5.78. The number of rotatable bonds is 3. The maximum atomic E-state index is 11.7. The Hall–Kier alpha value is -1.56. The lowest BCUT2D eigenvalue weighted by Crippen LogP contribution is -2.50. The van der Waals surface area contributed by atoms with Crippen molar-refractivity contribution in [2.75, 3.05) is 44.7 Å². The molecule has 0 spiro atoms. The smallest absolute Gasteiger partial charge is 0.236 e. The van der Waals surface area contributed by atoms with Gasteiger partial charge in [-0.1, -0.05) is 0 Å². The van der Waals surface area contributed by atoms with E-state index in [-0.39, 0.29) is 5.91 Å². The fourth-order valence-electron chi connectivity index (χ4n) is 2.05. The molecule has 94 valence electrons. The lowest BCUT2D eigenvalue weighted by Gasteiger charge is -2.35. The summed E-state index contributed by atoms with van der Waals surface area (Å²) in [6.45, 7) is 3.75. The molecule has 0 atom stereocenters. The second kappa shape index (κ2) is 5.18. The predicted molar refractivity (Wildman–Crippen MR) is 65.9 cm³/mol. The molecule has 0 bridgehead atoms. The van der Waals surface area contributed by atoms with Crippen molar-refractivity contribution in [3.05, 3.63) is 12.4 Å². The largest absolute Gasteiger partial charge is 0.365 e. The minimum Gasteiger partial charge on any atom is -0.365 e. The van der Waals surface area contributed by atoms with E-state index in [1.165, 1.54) is 0 Å². The Labute approximate surface area is 101 Å². The van der Waals surface area contributed by atoms with E-state index in [0.717, 1.165) is 31.9 Å². The zero-order valence-corrected chi connectivity index (χ0v) is 10.4. The van der Waals surface area contributed by atoms with Crippen molar-refractivity contribution in [2.45, 2.75) is 0 Å². The van der Waals surface area contributed by atoms with Gasteiger partial charge in [0.05, 0.1) is 18.4 Å². The average molecular weight is 237 g/mol. The van der Waals surface area contributed by atoms with Gasteiger partial charge in [0.25, 0.3) is 0 Å². The van der Waals surface area contributed by atoms with Gasteiger partial charge in [0.15, 0.2) is 0 Å². The standard InChI is InChI=1S/C11H19N5O/c1-12-8-11(17)16-5-3-15(4-6-16)10-7-13-14(2)9-10/h7,9,12H,3-6,8H2,1-2H3. The van der Waals surface area contributed by atoms with E-state index in [1.807, 2.05) is 24.3 Å². The van der Waals surface area contributed by atoms with E-state index < -0.39 is 0 Å². The van der Waals surface area contributed by atoms with Crippen LogP contribution in [0.4, 0.5) is 5.69 Å². The van der Waals surface area contributed by atoms with Gasteiger partial charge in [-0.2, -0.15) is 5.10 Å². The van der Waals surface area contributed by atoms with E-state index >= 15 is 0 Å². The number of aryl methyl sites for hydroxylation is 1. The molecular formula is C11H19N5O. The van der Waals surface area contributed by atoms with Crippen LogP contribution >= 0.6 is 0 Å². The van der Waals surface area contributed by atoms with Crippen LogP contribution in [0.3, 0.4) is 0 Å². The fourth-order valence-corrected chi connectivity index (χ4v) is 2.05. The number of likely N-dealkylation sites (N-methyl/N-ethyl adjacent to an activating group) is 1. The summed E-state index contributed by atoms with van der Waals surface area (Å²) < 4.78 is 1.80. The van der Waals surface area contributed by atoms with Crippen molar-refractivity contribution >= 4 is 11.6 Å². The molecular weight excluding hydrogens is 218 g/mol. The number of amides is 1. The highest BCUT2D eigenvalue weighted by Crippen LogP contribution is 2.14. The Balaban J connectivity index is 1.88. The van der Waals surface area contributed by atoms with Gasteiger partial charge in [0, 0.05) is 39.4 Å². The van der Waals surface area contributed by atoms with E-state index in [1.54, 1.807) is 11.7 Å². The number of carbonyl (C=O) groups excluding carboxylic acids is 1. The first-order valence-electron chi connectivity index (χ1n) is 5.86. The van der Waals surface area contributed by atoms with Crippen molar-refractivity contribution in [3.8, 4) is 0 Å². The molecule has 1 aromatic heterocycles. The fraction of sp³-hybridized carbons (Fsp3) is 0.636. The summed E-state index contributed by atoms with van der Waals surface area (Å²) in [6, 6.07) is 0. The van der Waals surface area contributed by atoms with Gasteiger partial charge in [-0.3, -0.25) is 9.48 Å². The van der Waals surface area contributed by atoms with Gasteiger partial charge in [0.1, 0.15) is 0 Å². The Morgan fingerprint density at radius 1 is 1.41 bits per heavy atom. The number of aromatic nitrogens is 2. The quantitative estimate of drug-likeness (QED) is 0.754. The number of nitrogens with one attached hydrogen (secondary N) is 1. The molecule has 1 aliphatic rings. The van der Waals surface area contributed by atoms with Crippen LogP contribution < -0.4 is 10.2 Å². The minimum atomic E-state index is 0.179. The van der Waals surface area contributed by atoms with Crippen LogP contribution in [0.2, 0.25) is 0 Å². The van der Waals surface area contributed by atoms with Crippen molar-refractivity contribution in [1.29, 1.82) is 0 Å². The van der Waals surface area contributed by atoms with Crippen LogP contribution in [0.1, 0.15) is 0 Å². The Kier molecular flexibility index (Phi) is 3.63. The second-order valence-electron chi connectivity index (χ2n) is 4.27. The molecule has 0 saturated carbocycles. The summed E-state index contributed by atoms with van der Waals surface area (Å²) in [4.78, 5) is 15.8. The molecule has 0 unspecified atom stereocenters. The van der Waals surface area contributed by atoms with Gasteiger partial charge >= 0.3 is 0 Å². The molecule has 1 fully saturated rings. The lowest BCUT2D eigenvalue weighted by atomic mass is 10.3. The summed E-state index contributed by atoms with van der Waals surface area (Å²) in [6.07, 6.45) is 3.87. The number of nitrogens with zero attached hydrogens (tertiary/aromatic N) is 4. The molecule has 1 aromatic rings. The molecule has 2 rings (SSSR count). The molecule has 0 aliphatic carbocycles. The summed E-state index contributed by atoms with van der Waals surface area (Å²) in [7, 11) is 3.71. The van der Waals surface area contributed by atoms with E-state index in [4.69, 9.17) is 0 Å². The molecule has 17 heavy (non-hydrogen) atoms. The van der Waals surface area contributed by atoms with Gasteiger partial charge in [-0.05, 0) is 7.05 Å². The maximum Gasteiger partial charge on any atom is 0.236 e. The number of hydrogen-bond acceptors (Lipinski definition) is 4. The van der Waals surface area contributed by atoms with Gasteiger partial charge in [0.2, 0.25) is 5.91 Å². The van der Waals surface area contributed by atoms with Gasteiger partial charge < -0.3 is 15.1 Å². The highest BCUT2D eigenvalue weighted by Gasteiger charge is 2.21. The summed E-state index contributed by atoms with van der Waals surface area (Å²) >= 11 is 0. The summed E-state index contributed by atoms with van der Waals surface area (Å²) in [5, 5.41) is 7.05. The zero-order valence-electron chi connectivity index (χ0n) is 10.4. The molecule has 2 heterocycles. The van der Waals surface area contributed by atoms with E-state index in [0.29, 0.717) is 6.54 Å². The average Bonchev–Trinajstić information content (AvgIpc) is 2.76. The third-order valence-electron chi connectivity index (χ3n) is 3.02. The molecule has 1 N–H and O–H groups in total. The SMILES string of the molecule is CNCC(=O)N1CCN(c2cnn(C)c2)CC1. The van der Waals surface area contributed by atoms with Crippen LogP contribution in [0, 0.1) is 0 Å². The molecule has 1 saturated heterocycles.